The summed E-state index contributed by atoms with van der Waals surface area (Å²) in [7, 11) is -4.34. The number of amides is 1. The molecule has 11 nitrogen and oxygen atoms in total. The maximum absolute atomic E-state index is 13.2. The van der Waals surface area contributed by atoms with E-state index in [0.29, 0.717) is 24.2 Å². The maximum Gasteiger partial charge on any atom is 0.340 e. The number of piperidine rings is 1. The summed E-state index contributed by atoms with van der Waals surface area (Å²) in [6.07, 6.45) is 1.91. The number of hydrogen-bond donors (Lipinski definition) is 5. The molecule has 4 rings (SSSR count). The Kier molecular flexibility index (Phi) is 7.23. The molecule has 2 unspecified atom stereocenters. The molecule has 0 spiro atoms. The normalized spacial score (nSPS) is 16.9. The summed E-state index contributed by atoms with van der Waals surface area (Å²) in [5.74, 6) is -2.04. The fourth-order valence-electron chi connectivity index (χ4n) is 5.02. The van der Waals surface area contributed by atoms with Crippen LogP contribution in [0.1, 0.15) is 45.8 Å². The van der Waals surface area contributed by atoms with Gasteiger partial charge in [-0.1, -0.05) is 24.3 Å². The van der Waals surface area contributed by atoms with Crippen LogP contribution in [0, 0.1) is 12.3 Å². The van der Waals surface area contributed by atoms with E-state index < -0.39 is 28.0 Å². The number of rotatable bonds is 7. The number of hydrogen-bond acceptors (Lipinski definition) is 6. The summed E-state index contributed by atoms with van der Waals surface area (Å²) >= 11 is 0. The minimum Gasteiger partial charge on any atom is -0.448 e. The van der Waals surface area contributed by atoms with Crippen LogP contribution in [-0.4, -0.2) is 55.3 Å². The number of carbonyl (C=O) groups excluding carboxylic acids is 2. The molecule has 1 saturated heterocycles. The van der Waals surface area contributed by atoms with E-state index in [2.05, 4.69) is 4.98 Å². The van der Waals surface area contributed by atoms with Crippen molar-refractivity contribution in [3.8, 4) is 0 Å². The highest BCUT2D eigenvalue weighted by atomic mass is 32.2. The van der Waals surface area contributed by atoms with E-state index in [9.17, 15) is 18.0 Å². The zero-order chi connectivity index (χ0) is 26.9. The molecule has 2 heterocycles. The SMILES string of the molecule is Cc1c(C2CCCN(C(=N)N)C2)ccc(C(=O)OC(Cc2c[nH]c3ccccc23)C(N)=O)c1S(N)(=O)=O. The van der Waals surface area contributed by atoms with Crippen molar-refractivity contribution in [2.24, 2.45) is 16.6 Å². The number of primary sulfonamides is 1. The number of nitrogens with two attached hydrogens (primary N) is 3. The summed E-state index contributed by atoms with van der Waals surface area (Å²) in [4.78, 5) is 29.8. The predicted molar refractivity (Wildman–Crippen MR) is 138 cm³/mol. The van der Waals surface area contributed by atoms with Gasteiger partial charge in [-0.2, -0.15) is 0 Å². The molecule has 2 atom stereocenters. The summed E-state index contributed by atoms with van der Waals surface area (Å²) in [5.41, 5.74) is 13.5. The zero-order valence-corrected chi connectivity index (χ0v) is 21.2. The van der Waals surface area contributed by atoms with Crippen LogP contribution in [0.2, 0.25) is 0 Å². The molecule has 3 aromatic rings. The first-order valence-electron chi connectivity index (χ1n) is 11.8. The van der Waals surface area contributed by atoms with Crippen molar-refractivity contribution in [2.45, 2.75) is 43.1 Å². The largest absolute Gasteiger partial charge is 0.448 e. The lowest BCUT2D eigenvalue weighted by Crippen LogP contribution is -2.42. The van der Waals surface area contributed by atoms with Crippen LogP contribution in [0.3, 0.4) is 0 Å². The van der Waals surface area contributed by atoms with Gasteiger partial charge in [-0.25, -0.2) is 18.4 Å². The number of carbonyl (C=O) groups is 2. The smallest absolute Gasteiger partial charge is 0.340 e. The Bertz CT molecular complexity index is 1480. The lowest BCUT2D eigenvalue weighted by Gasteiger charge is -2.34. The molecule has 12 heteroatoms. The quantitative estimate of drug-likeness (QED) is 0.174. The number of aromatic nitrogens is 1. The van der Waals surface area contributed by atoms with E-state index in [-0.39, 0.29) is 28.8 Å². The van der Waals surface area contributed by atoms with E-state index in [1.54, 1.807) is 24.1 Å². The molecule has 37 heavy (non-hydrogen) atoms. The lowest BCUT2D eigenvalue weighted by atomic mass is 9.87. The number of aromatic amines is 1. The molecule has 0 bridgehead atoms. The molecule has 0 saturated carbocycles. The van der Waals surface area contributed by atoms with Gasteiger partial charge in [0.1, 0.15) is 0 Å². The minimum atomic E-state index is -4.34. The van der Waals surface area contributed by atoms with Crippen LogP contribution < -0.4 is 16.6 Å². The summed E-state index contributed by atoms with van der Waals surface area (Å²) in [6.45, 7) is 2.66. The van der Waals surface area contributed by atoms with Gasteiger partial charge in [-0.3, -0.25) is 10.2 Å². The van der Waals surface area contributed by atoms with Crippen LogP contribution in [0.15, 0.2) is 47.5 Å². The number of sulfonamides is 1. The van der Waals surface area contributed by atoms with Crippen molar-refractivity contribution in [1.29, 1.82) is 5.41 Å². The maximum atomic E-state index is 13.2. The summed E-state index contributed by atoms with van der Waals surface area (Å²) in [6, 6.07) is 10.4. The average Bonchev–Trinajstić information content (AvgIpc) is 3.25. The van der Waals surface area contributed by atoms with E-state index in [1.807, 2.05) is 24.3 Å². The van der Waals surface area contributed by atoms with Crippen molar-refractivity contribution in [3.05, 3.63) is 64.8 Å². The number of H-pyrrole nitrogens is 1. The highest BCUT2D eigenvalue weighted by Crippen LogP contribution is 2.33. The number of fused-ring (bicyclic) bond motifs is 1. The Balaban J connectivity index is 1.65. The molecule has 0 aliphatic carbocycles. The second-order valence-electron chi connectivity index (χ2n) is 9.23. The average molecular weight is 527 g/mol. The molecule has 2 aromatic carbocycles. The number of primary amides is 1. The monoisotopic (exact) mass is 526 g/mol. The van der Waals surface area contributed by atoms with Crippen LogP contribution in [0.4, 0.5) is 0 Å². The predicted octanol–water partition coefficient (Wildman–Crippen LogP) is 1.45. The van der Waals surface area contributed by atoms with Crippen molar-refractivity contribution in [1.82, 2.24) is 9.88 Å². The molecule has 1 aromatic heterocycles. The lowest BCUT2D eigenvalue weighted by molar-refractivity contribution is -0.126. The fourth-order valence-corrected chi connectivity index (χ4v) is 6.02. The molecule has 1 amide bonds. The highest BCUT2D eigenvalue weighted by Gasteiger charge is 2.31. The minimum absolute atomic E-state index is 0.00974. The van der Waals surface area contributed by atoms with Gasteiger partial charge in [-0.15, -0.1) is 0 Å². The number of nitrogens with one attached hydrogen (secondary N) is 2. The van der Waals surface area contributed by atoms with Gasteiger partial charge in [0.2, 0.25) is 10.0 Å². The molecule has 196 valence electrons. The topological polar surface area (TPSA) is 198 Å². The highest BCUT2D eigenvalue weighted by molar-refractivity contribution is 7.89. The Labute approximate surface area is 214 Å². The third-order valence-electron chi connectivity index (χ3n) is 6.80. The van der Waals surface area contributed by atoms with E-state index in [4.69, 9.17) is 26.8 Å². The van der Waals surface area contributed by atoms with E-state index >= 15 is 0 Å². The first-order chi connectivity index (χ1) is 17.5. The van der Waals surface area contributed by atoms with E-state index in [0.717, 1.165) is 29.3 Å². The van der Waals surface area contributed by atoms with Gasteiger partial charge in [0.25, 0.3) is 5.91 Å². The number of nitrogens with zero attached hydrogens (tertiary/aromatic N) is 1. The standard InChI is InChI=1S/C25H30N6O5S/c1-14-17(15-5-4-10-31(13-15)25(27)28)8-9-19(22(14)37(29,34)35)24(33)36-21(23(26)32)11-16-12-30-20-7-3-2-6-18(16)20/h2-3,6-9,12,15,21,30H,4-5,10-11,13H2,1H3,(H2,26,32)(H3,27,28)(H2,29,34,35). The number of benzene rings is 2. The second-order valence-corrected chi connectivity index (χ2v) is 10.7. The van der Waals surface area contributed by atoms with Gasteiger partial charge < -0.3 is 26.1 Å². The molecular formula is C25H30N6O5S. The Morgan fingerprint density at radius 2 is 1.95 bits per heavy atom. The van der Waals surface area contributed by atoms with Gasteiger partial charge in [0.15, 0.2) is 12.1 Å². The van der Waals surface area contributed by atoms with Gasteiger partial charge >= 0.3 is 5.97 Å². The first-order valence-corrected chi connectivity index (χ1v) is 13.3. The number of ether oxygens (including phenoxy) is 1. The number of likely N-dealkylation sites (tertiary alicyclic amines) is 1. The van der Waals surface area contributed by atoms with Gasteiger partial charge in [0, 0.05) is 42.5 Å². The van der Waals surface area contributed by atoms with E-state index in [1.165, 1.54) is 6.07 Å². The molecule has 1 aliphatic rings. The van der Waals surface area contributed by atoms with Crippen LogP contribution >= 0.6 is 0 Å². The van der Waals surface area contributed by atoms with Crippen LogP contribution in [0.5, 0.6) is 0 Å². The Morgan fingerprint density at radius 3 is 2.62 bits per heavy atom. The summed E-state index contributed by atoms with van der Waals surface area (Å²) < 4.78 is 30.7. The Hall–Kier alpha value is -3.90. The van der Waals surface area contributed by atoms with Crippen molar-refractivity contribution >= 4 is 38.8 Å². The van der Waals surface area contributed by atoms with Crippen molar-refractivity contribution in [2.75, 3.05) is 13.1 Å². The van der Waals surface area contributed by atoms with Crippen molar-refractivity contribution in [3.63, 3.8) is 0 Å². The first kappa shape index (κ1) is 26.2. The Morgan fingerprint density at radius 1 is 1.22 bits per heavy atom. The van der Waals surface area contributed by atoms with Crippen LogP contribution in [-0.2, 0) is 26.0 Å². The molecule has 8 N–H and O–H groups in total. The third kappa shape index (κ3) is 5.44. The van der Waals surface area contributed by atoms with Gasteiger partial charge in [-0.05, 0) is 48.6 Å². The van der Waals surface area contributed by atoms with Crippen LogP contribution in [0.25, 0.3) is 10.9 Å². The fraction of sp³-hybridized carbons (Fsp3) is 0.320. The second kappa shape index (κ2) is 10.2. The van der Waals surface area contributed by atoms with Crippen molar-refractivity contribution < 1.29 is 22.7 Å². The number of guanidine groups is 1. The molecule has 0 radical (unpaired) electrons. The number of para-hydroxylation sites is 1. The third-order valence-corrected chi connectivity index (χ3v) is 7.90. The molecule has 1 aliphatic heterocycles. The molecule has 1 fully saturated rings. The summed E-state index contributed by atoms with van der Waals surface area (Å²) in [5, 5.41) is 14.1. The number of esters is 1. The zero-order valence-electron chi connectivity index (χ0n) is 20.4. The molecular weight excluding hydrogens is 496 g/mol. The van der Waals surface area contributed by atoms with Gasteiger partial charge in [0.05, 0.1) is 10.5 Å².